The normalized spacial score (nSPS) is 8.86. The fraction of sp³-hybridized carbons (Fsp3) is 0.600. The maximum absolute atomic E-state index is 10.3. The maximum Gasteiger partial charge on any atom is 0.143 e. The van der Waals surface area contributed by atoms with Gasteiger partial charge in [-0.1, -0.05) is 22.9 Å². The molecular formula is C5H8BrO. The van der Waals surface area contributed by atoms with E-state index >= 15 is 0 Å². The Labute approximate surface area is 52.2 Å². The molecule has 0 saturated carbocycles. The third kappa shape index (κ3) is 3.99. The first kappa shape index (κ1) is 7.15. The fourth-order valence-corrected chi connectivity index (χ4v) is 0.544. The number of ketones is 1. The van der Waals surface area contributed by atoms with E-state index in [0.717, 1.165) is 0 Å². The molecule has 0 aromatic heterocycles. The van der Waals surface area contributed by atoms with E-state index in [9.17, 15) is 4.79 Å². The molecule has 0 rings (SSSR count). The molecule has 0 aliphatic rings. The Balaban J connectivity index is 3.00. The zero-order valence-electron chi connectivity index (χ0n) is 4.11. The quantitative estimate of drug-likeness (QED) is 0.578. The molecule has 0 spiro atoms. The summed E-state index contributed by atoms with van der Waals surface area (Å²) in [5.41, 5.74) is 0. The van der Waals surface area contributed by atoms with Gasteiger partial charge in [-0.25, -0.2) is 0 Å². The molecule has 1 radical (unpaired) electrons. The lowest BCUT2D eigenvalue weighted by Crippen LogP contribution is -1.95. The second kappa shape index (κ2) is 4.31. The van der Waals surface area contributed by atoms with Crippen molar-refractivity contribution in [1.82, 2.24) is 0 Å². The number of hydrogen-bond acceptors (Lipinski definition) is 1. The monoisotopic (exact) mass is 163 g/mol. The van der Waals surface area contributed by atoms with Crippen molar-refractivity contribution in [3.63, 3.8) is 0 Å². The van der Waals surface area contributed by atoms with Crippen LogP contribution in [0.2, 0.25) is 0 Å². The van der Waals surface area contributed by atoms with Gasteiger partial charge < -0.3 is 0 Å². The molecule has 41 valence electrons. The van der Waals surface area contributed by atoms with E-state index in [-0.39, 0.29) is 5.78 Å². The number of halogens is 1. The lowest BCUT2D eigenvalue weighted by atomic mass is 10.3. The number of Topliss-reactive ketones (excluding diaryl/α,β-unsaturated/α-hetero) is 1. The molecule has 0 aliphatic carbocycles. The molecule has 0 saturated heterocycles. The van der Waals surface area contributed by atoms with Crippen LogP contribution in [0.25, 0.3) is 0 Å². The molecule has 2 heteroatoms. The SMILES string of the molecule is [CH2]CCC(=O)CBr. The summed E-state index contributed by atoms with van der Waals surface area (Å²) in [6, 6.07) is 0. The standard InChI is InChI=1S/C5H8BrO/c1-2-3-5(7)4-6/h1-4H2. The summed E-state index contributed by atoms with van der Waals surface area (Å²) in [6.07, 6.45) is 1.32. The van der Waals surface area contributed by atoms with E-state index in [0.29, 0.717) is 18.2 Å². The van der Waals surface area contributed by atoms with Gasteiger partial charge in [0.25, 0.3) is 0 Å². The van der Waals surface area contributed by atoms with Crippen LogP contribution in [0.15, 0.2) is 0 Å². The Morgan fingerprint density at radius 2 is 2.29 bits per heavy atom. The van der Waals surface area contributed by atoms with Crippen molar-refractivity contribution in [1.29, 1.82) is 0 Å². The highest BCUT2D eigenvalue weighted by molar-refractivity contribution is 9.09. The summed E-state index contributed by atoms with van der Waals surface area (Å²) in [7, 11) is 0. The van der Waals surface area contributed by atoms with Gasteiger partial charge in [0.1, 0.15) is 5.78 Å². The summed E-state index contributed by atoms with van der Waals surface area (Å²) in [6.45, 7) is 3.53. The summed E-state index contributed by atoms with van der Waals surface area (Å²) in [5.74, 6) is 0.231. The third-order valence-corrected chi connectivity index (χ3v) is 1.23. The maximum atomic E-state index is 10.3. The molecule has 0 aromatic carbocycles. The average Bonchev–Trinajstić information content (AvgIpc) is 1.68. The summed E-state index contributed by atoms with van der Waals surface area (Å²) < 4.78 is 0. The highest BCUT2D eigenvalue weighted by atomic mass is 79.9. The van der Waals surface area contributed by atoms with Crippen LogP contribution in [-0.4, -0.2) is 11.1 Å². The molecule has 7 heavy (non-hydrogen) atoms. The Bertz CT molecular complexity index is 61.1. The molecule has 0 aliphatic heterocycles. The number of carbonyl (C=O) groups excluding carboxylic acids is 1. The van der Waals surface area contributed by atoms with Crippen molar-refractivity contribution in [3.8, 4) is 0 Å². The van der Waals surface area contributed by atoms with Gasteiger partial charge in [0, 0.05) is 6.42 Å². The highest BCUT2D eigenvalue weighted by Crippen LogP contribution is 1.91. The van der Waals surface area contributed by atoms with E-state index in [1.165, 1.54) is 0 Å². The first-order valence-corrected chi connectivity index (χ1v) is 3.30. The lowest BCUT2D eigenvalue weighted by Gasteiger charge is -1.85. The number of hydrogen-bond donors (Lipinski definition) is 0. The minimum absolute atomic E-state index is 0.231. The van der Waals surface area contributed by atoms with Crippen molar-refractivity contribution < 1.29 is 4.79 Å². The van der Waals surface area contributed by atoms with Crippen LogP contribution in [0.4, 0.5) is 0 Å². The smallest absolute Gasteiger partial charge is 0.143 e. The van der Waals surface area contributed by atoms with Gasteiger partial charge in [-0.3, -0.25) is 4.79 Å². The summed E-state index contributed by atoms with van der Waals surface area (Å²) >= 11 is 3.04. The van der Waals surface area contributed by atoms with E-state index in [1.54, 1.807) is 0 Å². The van der Waals surface area contributed by atoms with Gasteiger partial charge in [0.05, 0.1) is 5.33 Å². The second-order valence-electron chi connectivity index (χ2n) is 1.28. The van der Waals surface area contributed by atoms with Crippen LogP contribution in [0.5, 0.6) is 0 Å². The zero-order valence-corrected chi connectivity index (χ0v) is 5.70. The summed E-state index contributed by atoms with van der Waals surface area (Å²) in [4.78, 5) is 10.3. The van der Waals surface area contributed by atoms with Gasteiger partial charge in [-0.15, -0.1) is 0 Å². The average molecular weight is 164 g/mol. The largest absolute Gasteiger partial charge is 0.299 e. The van der Waals surface area contributed by atoms with Gasteiger partial charge in [-0.05, 0) is 6.42 Å². The minimum Gasteiger partial charge on any atom is -0.299 e. The summed E-state index contributed by atoms with van der Waals surface area (Å²) in [5, 5.41) is 0.475. The Hall–Kier alpha value is 0.150. The molecule has 1 nitrogen and oxygen atoms in total. The zero-order chi connectivity index (χ0) is 5.70. The molecule has 0 aromatic rings. The van der Waals surface area contributed by atoms with Gasteiger partial charge in [0.2, 0.25) is 0 Å². The predicted octanol–water partition coefficient (Wildman–Crippen LogP) is 1.56. The van der Waals surface area contributed by atoms with E-state index < -0.39 is 0 Å². The van der Waals surface area contributed by atoms with Crippen LogP contribution in [0.1, 0.15) is 12.8 Å². The van der Waals surface area contributed by atoms with Crippen molar-refractivity contribution in [3.05, 3.63) is 6.92 Å². The van der Waals surface area contributed by atoms with E-state index in [2.05, 4.69) is 22.9 Å². The minimum atomic E-state index is 0.231. The predicted molar refractivity (Wildman–Crippen MR) is 33.4 cm³/mol. The first-order chi connectivity index (χ1) is 3.31. The van der Waals surface area contributed by atoms with Crippen molar-refractivity contribution in [2.24, 2.45) is 0 Å². The highest BCUT2D eigenvalue weighted by Gasteiger charge is 1.92. The lowest BCUT2D eigenvalue weighted by molar-refractivity contribution is -0.116. The second-order valence-corrected chi connectivity index (χ2v) is 1.84. The number of rotatable bonds is 3. The molecule has 0 N–H and O–H groups in total. The van der Waals surface area contributed by atoms with Crippen LogP contribution >= 0.6 is 15.9 Å². The number of alkyl halides is 1. The van der Waals surface area contributed by atoms with Crippen LogP contribution in [-0.2, 0) is 4.79 Å². The fourth-order valence-electron chi connectivity index (χ4n) is 0.264. The molecule has 0 bridgehead atoms. The van der Waals surface area contributed by atoms with Crippen molar-refractivity contribution in [2.75, 3.05) is 5.33 Å². The Morgan fingerprint density at radius 3 is 2.43 bits per heavy atom. The third-order valence-electron chi connectivity index (χ3n) is 0.605. The van der Waals surface area contributed by atoms with Crippen LogP contribution < -0.4 is 0 Å². The van der Waals surface area contributed by atoms with Crippen LogP contribution in [0, 0.1) is 6.92 Å². The molecule has 0 atom stereocenters. The molecule has 0 unspecified atom stereocenters. The first-order valence-electron chi connectivity index (χ1n) is 2.18. The molecule has 0 amide bonds. The van der Waals surface area contributed by atoms with Crippen molar-refractivity contribution >= 4 is 21.7 Å². The van der Waals surface area contributed by atoms with E-state index in [4.69, 9.17) is 0 Å². The molecule has 0 fully saturated rings. The Morgan fingerprint density at radius 1 is 1.71 bits per heavy atom. The van der Waals surface area contributed by atoms with Gasteiger partial charge >= 0.3 is 0 Å². The van der Waals surface area contributed by atoms with Gasteiger partial charge in [-0.2, -0.15) is 0 Å². The molecular weight excluding hydrogens is 156 g/mol. The molecule has 0 heterocycles. The number of carbonyl (C=O) groups is 1. The van der Waals surface area contributed by atoms with Gasteiger partial charge in [0.15, 0.2) is 0 Å². The van der Waals surface area contributed by atoms with E-state index in [1.807, 2.05) is 0 Å². The van der Waals surface area contributed by atoms with Crippen molar-refractivity contribution in [2.45, 2.75) is 12.8 Å². The topological polar surface area (TPSA) is 17.1 Å². The van der Waals surface area contributed by atoms with Crippen LogP contribution in [0.3, 0.4) is 0 Å². The Kier molecular flexibility index (Phi) is 4.41.